The van der Waals surface area contributed by atoms with Crippen molar-refractivity contribution in [2.75, 3.05) is 31.6 Å². The van der Waals surface area contributed by atoms with Crippen molar-refractivity contribution in [3.8, 4) is 0 Å². The predicted octanol–water partition coefficient (Wildman–Crippen LogP) is 2.37. The number of para-hydroxylation sites is 1. The first-order valence-corrected chi connectivity index (χ1v) is 8.96. The highest BCUT2D eigenvalue weighted by Gasteiger charge is 2.32. The molecule has 0 spiro atoms. The van der Waals surface area contributed by atoms with Gasteiger partial charge in [-0.3, -0.25) is 14.4 Å². The molecule has 0 aliphatic carbocycles. The van der Waals surface area contributed by atoms with Crippen LogP contribution in [0.25, 0.3) is 0 Å². The molecular weight excluding hydrogens is 344 g/mol. The lowest BCUT2D eigenvalue weighted by Gasteiger charge is -2.28. The summed E-state index contributed by atoms with van der Waals surface area (Å²) >= 11 is 0. The Bertz CT molecular complexity index is 786. The Labute approximate surface area is 158 Å². The van der Waals surface area contributed by atoms with Crippen LogP contribution in [0.2, 0.25) is 0 Å². The van der Waals surface area contributed by atoms with Gasteiger partial charge in [0, 0.05) is 30.8 Å². The van der Waals surface area contributed by atoms with E-state index in [1.54, 1.807) is 59.5 Å². The Balaban J connectivity index is 1.78. The van der Waals surface area contributed by atoms with Crippen molar-refractivity contribution < 1.29 is 19.1 Å². The molecule has 27 heavy (non-hydrogen) atoms. The second kappa shape index (κ2) is 9.09. The largest absolute Gasteiger partial charge is 0.378 e. The Morgan fingerprint density at radius 2 is 1.52 bits per heavy atom. The van der Waals surface area contributed by atoms with Crippen LogP contribution in [-0.4, -0.2) is 48.8 Å². The van der Waals surface area contributed by atoms with Crippen LogP contribution in [0.1, 0.15) is 16.8 Å². The van der Waals surface area contributed by atoms with E-state index in [4.69, 9.17) is 4.74 Å². The topological polar surface area (TPSA) is 75.7 Å². The van der Waals surface area contributed by atoms with E-state index in [9.17, 15) is 14.4 Å². The summed E-state index contributed by atoms with van der Waals surface area (Å²) < 4.78 is 5.26. The molecule has 1 heterocycles. The number of anilines is 1. The van der Waals surface area contributed by atoms with Gasteiger partial charge in [-0.2, -0.15) is 0 Å². The zero-order valence-electron chi connectivity index (χ0n) is 15.0. The molecule has 6 heteroatoms. The summed E-state index contributed by atoms with van der Waals surface area (Å²) in [4.78, 5) is 40.0. The first-order valence-electron chi connectivity index (χ1n) is 8.96. The molecule has 0 aromatic heterocycles. The van der Waals surface area contributed by atoms with Crippen molar-refractivity contribution in [1.82, 2.24) is 4.90 Å². The molecule has 6 nitrogen and oxygen atoms in total. The average Bonchev–Trinajstić information content (AvgIpc) is 2.73. The fourth-order valence-electron chi connectivity index (χ4n) is 2.98. The lowest BCUT2D eigenvalue weighted by Crippen LogP contribution is -2.43. The van der Waals surface area contributed by atoms with Crippen molar-refractivity contribution in [2.45, 2.75) is 6.42 Å². The SMILES string of the molecule is O=C(Nc1ccccc1)C(CC(=O)N1CCOCC1)C(=O)c1ccccc1. The zero-order valence-corrected chi connectivity index (χ0v) is 15.0. The lowest BCUT2D eigenvalue weighted by atomic mass is 9.93. The van der Waals surface area contributed by atoms with Crippen LogP contribution >= 0.6 is 0 Å². The number of hydrogen-bond donors (Lipinski definition) is 1. The van der Waals surface area contributed by atoms with Crippen LogP contribution in [0.5, 0.6) is 0 Å². The second-order valence-corrected chi connectivity index (χ2v) is 6.34. The smallest absolute Gasteiger partial charge is 0.235 e. The van der Waals surface area contributed by atoms with Crippen LogP contribution in [0, 0.1) is 5.92 Å². The summed E-state index contributed by atoms with van der Waals surface area (Å²) in [6.07, 6.45) is -0.160. The molecule has 1 fully saturated rings. The summed E-state index contributed by atoms with van der Waals surface area (Å²) in [5.41, 5.74) is 1.01. The number of Topliss-reactive ketones (excluding diaryl/α,β-unsaturated/α-hetero) is 1. The average molecular weight is 366 g/mol. The van der Waals surface area contributed by atoms with Gasteiger partial charge in [0.15, 0.2) is 5.78 Å². The van der Waals surface area contributed by atoms with Crippen molar-refractivity contribution in [3.05, 3.63) is 66.2 Å². The van der Waals surface area contributed by atoms with Gasteiger partial charge in [-0.05, 0) is 12.1 Å². The number of carbonyl (C=O) groups excluding carboxylic acids is 3. The minimum atomic E-state index is -1.08. The molecule has 1 unspecified atom stereocenters. The van der Waals surface area contributed by atoms with Crippen molar-refractivity contribution >= 4 is 23.3 Å². The summed E-state index contributed by atoms with van der Waals surface area (Å²) in [5.74, 6) is -2.12. The molecule has 0 radical (unpaired) electrons. The number of nitrogens with zero attached hydrogens (tertiary/aromatic N) is 1. The molecule has 1 aliphatic rings. The molecule has 1 saturated heterocycles. The van der Waals surface area contributed by atoms with E-state index < -0.39 is 11.8 Å². The number of rotatable bonds is 6. The molecule has 1 N–H and O–H groups in total. The highest BCUT2D eigenvalue weighted by molar-refractivity contribution is 6.15. The fraction of sp³-hybridized carbons (Fsp3) is 0.286. The van der Waals surface area contributed by atoms with Crippen LogP contribution < -0.4 is 5.32 Å². The Morgan fingerprint density at radius 3 is 2.15 bits per heavy atom. The van der Waals surface area contributed by atoms with Gasteiger partial charge in [-0.25, -0.2) is 0 Å². The quantitative estimate of drug-likeness (QED) is 0.629. The second-order valence-electron chi connectivity index (χ2n) is 6.34. The van der Waals surface area contributed by atoms with E-state index in [0.29, 0.717) is 37.6 Å². The van der Waals surface area contributed by atoms with Crippen molar-refractivity contribution in [2.24, 2.45) is 5.92 Å². The van der Waals surface area contributed by atoms with Gasteiger partial charge in [0.2, 0.25) is 11.8 Å². The zero-order chi connectivity index (χ0) is 19.1. The van der Waals surface area contributed by atoms with Crippen molar-refractivity contribution in [1.29, 1.82) is 0 Å². The first-order chi connectivity index (χ1) is 13.1. The number of benzene rings is 2. The van der Waals surface area contributed by atoms with E-state index in [-0.39, 0.29) is 18.1 Å². The van der Waals surface area contributed by atoms with E-state index in [0.717, 1.165) is 0 Å². The molecular formula is C21H22N2O4. The van der Waals surface area contributed by atoms with E-state index in [1.165, 1.54) is 0 Å². The van der Waals surface area contributed by atoms with Gasteiger partial charge in [0.05, 0.1) is 13.2 Å². The van der Waals surface area contributed by atoms with Gasteiger partial charge in [-0.15, -0.1) is 0 Å². The molecule has 2 aromatic carbocycles. The monoisotopic (exact) mass is 366 g/mol. The van der Waals surface area contributed by atoms with Gasteiger partial charge in [0.25, 0.3) is 0 Å². The summed E-state index contributed by atoms with van der Waals surface area (Å²) in [7, 11) is 0. The lowest BCUT2D eigenvalue weighted by molar-refractivity contribution is -0.137. The number of amides is 2. The third-order valence-electron chi connectivity index (χ3n) is 4.48. The van der Waals surface area contributed by atoms with Gasteiger partial charge >= 0.3 is 0 Å². The minimum Gasteiger partial charge on any atom is -0.378 e. The van der Waals surface area contributed by atoms with Crippen LogP contribution in [-0.2, 0) is 14.3 Å². The highest BCUT2D eigenvalue weighted by Crippen LogP contribution is 2.18. The molecule has 1 aliphatic heterocycles. The normalized spacial score (nSPS) is 15.0. The predicted molar refractivity (Wildman–Crippen MR) is 101 cm³/mol. The standard InChI is InChI=1S/C21H22N2O4/c24-19(23-11-13-27-14-12-23)15-18(20(25)16-7-3-1-4-8-16)21(26)22-17-9-5-2-6-10-17/h1-10,18H,11-15H2,(H,22,26). The number of hydrogen-bond acceptors (Lipinski definition) is 4. The van der Waals surface area contributed by atoms with Crippen LogP contribution in [0.15, 0.2) is 60.7 Å². The summed E-state index contributed by atoms with van der Waals surface area (Å²) in [5, 5.41) is 2.75. The van der Waals surface area contributed by atoms with Crippen LogP contribution in [0.3, 0.4) is 0 Å². The number of nitrogens with one attached hydrogen (secondary N) is 1. The number of carbonyl (C=O) groups is 3. The van der Waals surface area contributed by atoms with Crippen LogP contribution in [0.4, 0.5) is 5.69 Å². The minimum absolute atomic E-state index is 0.160. The van der Waals surface area contributed by atoms with E-state index >= 15 is 0 Å². The van der Waals surface area contributed by atoms with Gasteiger partial charge < -0.3 is 15.0 Å². The molecule has 0 saturated carbocycles. The summed E-state index contributed by atoms with van der Waals surface area (Å²) in [6, 6.07) is 17.5. The Morgan fingerprint density at radius 1 is 0.926 bits per heavy atom. The maximum Gasteiger partial charge on any atom is 0.235 e. The van der Waals surface area contributed by atoms with Gasteiger partial charge in [-0.1, -0.05) is 48.5 Å². The molecule has 3 rings (SSSR count). The van der Waals surface area contributed by atoms with Gasteiger partial charge in [0.1, 0.15) is 5.92 Å². The summed E-state index contributed by atoms with van der Waals surface area (Å²) in [6.45, 7) is 1.90. The molecule has 140 valence electrons. The highest BCUT2D eigenvalue weighted by atomic mass is 16.5. The number of morpholine rings is 1. The van der Waals surface area contributed by atoms with E-state index in [2.05, 4.69) is 5.32 Å². The Kier molecular flexibility index (Phi) is 6.33. The Hall–Kier alpha value is -2.99. The fourth-order valence-corrected chi connectivity index (χ4v) is 2.98. The molecule has 2 amide bonds. The molecule has 0 bridgehead atoms. The molecule has 1 atom stereocenters. The maximum absolute atomic E-state index is 12.9. The van der Waals surface area contributed by atoms with E-state index in [1.807, 2.05) is 6.07 Å². The maximum atomic E-state index is 12.9. The number of ketones is 1. The number of ether oxygens (including phenoxy) is 1. The molecule has 2 aromatic rings. The third-order valence-corrected chi connectivity index (χ3v) is 4.48. The first kappa shape index (κ1) is 18.8. The third kappa shape index (κ3) is 5.01. The van der Waals surface area contributed by atoms with Crippen molar-refractivity contribution in [3.63, 3.8) is 0 Å².